The maximum absolute atomic E-state index is 13.5. The molecule has 9 heteroatoms. The zero-order valence-electron chi connectivity index (χ0n) is 21.6. The van der Waals surface area contributed by atoms with Gasteiger partial charge in [-0.2, -0.15) is 5.10 Å². The molecule has 196 valence electrons. The Hall–Kier alpha value is -3.85. The van der Waals surface area contributed by atoms with Crippen LogP contribution in [-0.2, 0) is 14.8 Å². The fourth-order valence-corrected chi connectivity index (χ4v) is 5.16. The monoisotopic (exact) mass is 523 g/mol. The van der Waals surface area contributed by atoms with E-state index in [1.54, 1.807) is 42.5 Å². The maximum Gasteiger partial charge on any atom is 0.264 e. The molecule has 1 N–H and O–H groups in total. The number of hydrazone groups is 1. The standard InChI is InChI=1S/C28H33N3O5S/c1-5-16-36-26-15-13-23(18-27(26)35-6-2)19-29-30-28(32)20-31(25-14-12-21(3)17-22(25)4)37(33,34)24-10-8-7-9-11-24/h7-15,17-19H,5-6,16,20H2,1-4H3,(H,30,32)/b29-19-. The van der Waals surface area contributed by atoms with Crippen molar-refractivity contribution in [2.75, 3.05) is 24.1 Å². The number of nitrogens with zero attached hydrogens (tertiary/aromatic N) is 2. The van der Waals surface area contributed by atoms with E-state index in [0.717, 1.165) is 21.9 Å². The van der Waals surface area contributed by atoms with Gasteiger partial charge in [-0.3, -0.25) is 9.10 Å². The number of nitrogens with one attached hydrogen (secondary N) is 1. The van der Waals surface area contributed by atoms with Gasteiger partial charge in [0.05, 0.1) is 30.0 Å². The zero-order valence-corrected chi connectivity index (χ0v) is 22.4. The maximum atomic E-state index is 13.5. The summed E-state index contributed by atoms with van der Waals surface area (Å²) in [6, 6.07) is 18.8. The van der Waals surface area contributed by atoms with Crippen molar-refractivity contribution in [1.82, 2.24) is 5.43 Å². The smallest absolute Gasteiger partial charge is 0.264 e. The molecule has 8 nitrogen and oxygen atoms in total. The molecule has 37 heavy (non-hydrogen) atoms. The molecule has 0 fully saturated rings. The Kier molecular flexibility index (Phi) is 9.68. The van der Waals surface area contributed by atoms with Gasteiger partial charge in [0.2, 0.25) is 0 Å². The highest BCUT2D eigenvalue weighted by atomic mass is 32.2. The number of carbonyl (C=O) groups is 1. The Labute approximate surface area is 219 Å². The topological polar surface area (TPSA) is 97.3 Å². The van der Waals surface area contributed by atoms with Crippen molar-refractivity contribution in [2.45, 2.75) is 39.0 Å². The molecule has 0 heterocycles. The van der Waals surface area contributed by atoms with Gasteiger partial charge in [-0.05, 0) is 74.7 Å². The third-order valence-electron chi connectivity index (χ3n) is 5.37. The largest absolute Gasteiger partial charge is 0.490 e. The van der Waals surface area contributed by atoms with Crippen molar-refractivity contribution in [3.63, 3.8) is 0 Å². The fraction of sp³-hybridized carbons (Fsp3) is 0.286. The molecule has 0 saturated heterocycles. The molecule has 0 unspecified atom stereocenters. The van der Waals surface area contributed by atoms with Crippen LogP contribution >= 0.6 is 0 Å². The third-order valence-corrected chi connectivity index (χ3v) is 7.15. The number of hydrogen-bond donors (Lipinski definition) is 1. The van der Waals surface area contributed by atoms with Crippen molar-refractivity contribution in [1.29, 1.82) is 0 Å². The summed E-state index contributed by atoms with van der Waals surface area (Å²) in [7, 11) is -4.00. The van der Waals surface area contributed by atoms with Gasteiger partial charge < -0.3 is 9.47 Å². The van der Waals surface area contributed by atoms with Crippen LogP contribution in [0, 0.1) is 13.8 Å². The minimum absolute atomic E-state index is 0.0973. The Balaban J connectivity index is 1.80. The van der Waals surface area contributed by atoms with Crippen molar-refractivity contribution in [2.24, 2.45) is 5.10 Å². The molecule has 3 aromatic rings. The predicted octanol–water partition coefficient (Wildman–Crippen LogP) is 4.84. The van der Waals surface area contributed by atoms with E-state index in [1.165, 1.54) is 18.3 Å². The summed E-state index contributed by atoms with van der Waals surface area (Å²) in [6.07, 6.45) is 2.34. The van der Waals surface area contributed by atoms with Gasteiger partial charge >= 0.3 is 0 Å². The number of carbonyl (C=O) groups excluding carboxylic acids is 1. The zero-order chi connectivity index (χ0) is 26.8. The lowest BCUT2D eigenvalue weighted by molar-refractivity contribution is -0.119. The molecule has 3 aromatic carbocycles. The van der Waals surface area contributed by atoms with Crippen LogP contribution in [0.5, 0.6) is 11.5 Å². The van der Waals surface area contributed by atoms with E-state index < -0.39 is 22.5 Å². The summed E-state index contributed by atoms with van der Waals surface area (Å²) >= 11 is 0. The lowest BCUT2D eigenvalue weighted by Gasteiger charge is -2.25. The van der Waals surface area contributed by atoms with E-state index in [0.29, 0.717) is 36.0 Å². The molecule has 0 spiro atoms. The predicted molar refractivity (Wildman–Crippen MR) is 146 cm³/mol. The molecule has 0 aliphatic rings. The number of hydrogen-bond acceptors (Lipinski definition) is 6. The highest BCUT2D eigenvalue weighted by Crippen LogP contribution is 2.29. The quantitative estimate of drug-likeness (QED) is 0.271. The van der Waals surface area contributed by atoms with Crippen LogP contribution in [0.25, 0.3) is 0 Å². The number of sulfonamides is 1. The molecule has 1 amide bonds. The summed E-state index contributed by atoms with van der Waals surface area (Å²) in [5, 5.41) is 4.03. The van der Waals surface area contributed by atoms with E-state index in [4.69, 9.17) is 9.47 Å². The fourth-order valence-electron chi connectivity index (χ4n) is 3.65. The van der Waals surface area contributed by atoms with Crippen molar-refractivity contribution >= 4 is 27.8 Å². The molecular formula is C28H33N3O5S. The molecule has 0 aromatic heterocycles. The minimum atomic E-state index is -4.00. The molecular weight excluding hydrogens is 490 g/mol. The molecule has 0 atom stereocenters. The average Bonchev–Trinajstić information content (AvgIpc) is 2.88. The SMILES string of the molecule is CCCOc1ccc(/C=N\NC(=O)CN(c2ccc(C)cc2C)S(=O)(=O)c2ccccc2)cc1OCC. The average molecular weight is 524 g/mol. The second-order valence-electron chi connectivity index (χ2n) is 8.40. The molecule has 0 aliphatic carbocycles. The first-order chi connectivity index (χ1) is 17.8. The molecule has 0 bridgehead atoms. The number of anilines is 1. The first-order valence-electron chi connectivity index (χ1n) is 12.1. The Morgan fingerprint density at radius 1 is 0.973 bits per heavy atom. The van der Waals surface area contributed by atoms with Crippen LogP contribution in [0.3, 0.4) is 0 Å². The number of benzene rings is 3. The summed E-state index contributed by atoms with van der Waals surface area (Å²) in [4.78, 5) is 12.9. The van der Waals surface area contributed by atoms with E-state index in [-0.39, 0.29) is 4.90 Å². The number of ether oxygens (including phenoxy) is 2. The second-order valence-corrected chi connectivity index (χ2v) is 10.3. The van der Waals surface area contributed by atoms with Crippen molar-refractivity contribution < 1.29 is 22.7 Å². The van der Waals surface area contributed by atoms with Crippen LogP contribution in [0.4, 0.5) is 5.69 Å². The van der Waals surface area contributed by atoms with Crippen LogP contribution in [0.15, 0.2) is 76.7 Å². The molecule has 3 rings (SSSR count). The first-order valence-corrected chi connectivity index (χ1v) is 13.6. The summed E-state index contributed by atoms with van der Waals surface area (Å²) in [5.41, 5.74) is 5.29. The summed E-state index contributed by atoms with van der Waals surface area (Å²) in [6.45, 7) is 8.26. The van der Waals surface area contributed by atoms with Gasteiger partial charge in [-0.25, -0.2) is 13.8 Å². The van der Waals surface area contributed by atoms with E-state index in [1.807, 2.05) is 39.8 Å². The second kappa shape index (κ2) is 12.9. The van der Waals surface area contributed by atoms with Crippen LogP contribution in [-0.4, -0.2) is 40.3 Å². The van der Waals surface area contributed by atoms with Crippen LogP contribution in [0.1, 0.15) is 37.0 Å². The highest BCUT2D eigenvalue weighted by molar-refractivity contribution is 7.92. The molecule has 0 radical (unpaired) electrons. The van der Waals surface area contributed by atoms with Crippen LogP contribution in [0.2, 0.25) is 0 Å². The van der Waals surface area contributed by atoms with Gasteiger partial charge in [0.1, 0.15) is 6.54 Å². The molecule has 0 aliphatic heterocycles. The number of amides is 1. The minimum Gasteiger partial charge on any atom is -0.490 e. The first kappa shape index (κ1) is 27.7. The lowest BCUT2D eigenvalue weighted by Crippen LogP contribution is -2.40. The summed E-state index contributed by atoms with van der Waals surface area (Å²) < 4.78 is 39.4. The van der Waals surface area contributed by atoms with E-state index in [9.17, 15) is 13.2 Å². The van der Waals surface area contributed by atoms with Gasteiger partial charge in [0.15, 0.2) is 11.5 Å². The van der Waals surface area contributed by atoms with Gasteiger partial charge in [0, 0.05) is 0 Å². The summed E-state index contributed by atoms with van der Waals surface area (Å²) in [5.74, 6) is 0.643. The van der Waals surface area contributed by atoms with Gasteiger partial charge in [-0.1, -0.05) is 42.8 Å². The third kappa shape index (κ3) is 7.33. The van der Waals surface area contributed by atoms with Crippen molar-refractivity contribution in [3.8, 4) is 11.5 Å². The highest BCUT2D eigenvalue weighted by Gasteiger charge is 2.28. The van der Waals surface area contributed by atoms with Crippen molar-refractivity contribution in [3.05, 3.63) is 83.4 Å². The Bertz CT molecular complexity index is 1340. The van der Waals surface area contributed by atoms with Gasteiger partial charge in [0.25, 0.3) is 15.9 Å². The Morgan fingerprint density at radius 2 is 1.73 bits per heavy atom. The molecule has 0 saturated carbocycles. The van der Waals surface area contributed by atoms with E-state index in [2.05, 4.69) is 10.5 Å². The number of aryl methyl sites for hydroxylation is 2. The van der Waals surface area contributed by atoms with Crippen LogP contribution < -0.4 is 19.2 Å². The van der Waals surface area contributed by atoms with E-state index >= 15 is 0 Å². The normalized spacial score (nSPS) is 11.4. The van der Waals surface area contributed by atoms with Gasteiger partial charge in [-0.15, -0.1) is 0 Å². The number of rotatable bonds is 12. The Morgan fingerprint density at radius 3 is 2.41 bits per heavy atom. The lowest BCUT2D eigenvalue weighted by atomic mass is 10.1.